The van der Waals surface area contributed by atoms with Crippen LogP contribution in [0.1, 0.15) is 19.0 Å². The number of carbonyl (C=O) groups is 1. The molecule has 0 amide bonds. The highest BCUT2D eigenvalue weighted by Crippen LogP contribution is 2.32. The van der Waals surface area contributed by atoms with Crippen molar-refractivity contribution in [3.8, 4) is 0 Å². The molecule has 2 heterocycles. The van der Waals surface area contributed by atoms with Crippen molar-refractivity contribution in [3.63, 3.8) is 0 Å². The summed E-state index contributed by atoms with van der Waals surface area (Å²) in [6.07, 6.45) is -4.08. The van der Waals surface area contributed by atoms with Crippen LogP contribution in [0.5, 0.6) is 0 Å². The summed E-state index contributed by atoms with van der Waals surface area (Å²) in [6, 6.07) is 3.29. The highest BCUT2D eigenvalue weighted by Gasteiger charge is 2.38. The summed E-state index contributed by atoms with van der Waals surface area (Å²) >= 11 is 0. The number of alkyl halides is 3. The number of aromatic nitrogens is 1. The lowest BCUT2D eigenvalue weighted by Gasteiger charge is -2.24. The number of rotatable bonds is 2. The third-order valence-electron chi connectivity index (χ3n) is 3.39. The summed E-state index contributed by atoms with van der Waals surface area (Å²) in [5.74, 6) is -1.33. The van der Waals surface area contributed by atoms with E-state index in [1.54, 1.807) is 11.8 Å². The zero-order chi connectivity index (χ0) is 14.2. The molecule has 1 aliphatic rings. The Labute approximate surface area is 107 Å². The van der Waals surface area contributed by atoms with Gasteiger partial charge in [0.05, 0.1) is 5.92 Å². The molecule has 1 fully saturated rings. The lowest BCUT2D eigenvalue weighted by molar-refractivity contribution is -0.142. The maximum Gasteiger partial charge on any atom is 0.433 e. The van der Waals surface area contributed by atoms with E-state index in [9.17, 15) is 18.0 Å². The predicted molar refractivity (Wildman–Crippen MR) is 61.8 cm³/mol. The molecule has 1 saturated heterocycles. The number of hydrogen-bond donors (Lipinski definition) is 1. The third-order valence-corrected chi connectivity index (χ3v) is 3.39. The summed E-state index contributed by atoms with van der Waals surface area (Å²) in [4.78, 5) is 16.2. The minimum atomic E-state index is -4.49. The van der Waals surface area contributed by atoms with Gasteiger partial charge in [-0.3, -0.25) is 4.79 Å². The second kappa shape index (κ2) is 4.71. The summed E-state index contributed by atoms with van der Waals surface area (Å²) in [5, 5.41) is 9.01. The summed E-state index contributed by atoms with van der Waals surface area (Å²) < 4.78 is 37.7. The number of anilines is 1. The first-order chi connectivity index (χ1) is 8.80. The van der Waals surface area contributed by atoms with Gasteiger partial charge in [0.2, 0.25) is 0 Å². The molecule has 0 radical (unpaired) electrons. The number of nitrogens with zero attached hydrogens (tertiary/aromatic N) is 2. The van der Waals surface area contributed by atoms with E-state index >= 15 is 0 Å². The molecule has 7 heteroatoms. The van der Waals surface area contributed by atoms with Gasteiger partial charge >= 0.3 is 12.1 Å². The van der Waals surface area contributed by atoms with Gasteiger partial charge in [-0.1, -0.05) is 6.07 Å². The van der Waals surface area contributed by atoms with Crippen molar-refractivity contribution in [3.05, 3.63) is 23.9 Å². The van der Waals surface area contributed by atoms with Gasteiger partial charge in [0, 0.05) is 12.6 Å². The van der Waals surface area contributed by atoms with Gasteiger partial charge in [0.25, 0.3) is 0 Å². The predicted octanol–water partition coefficient (Wildman–Crippen LogP) is 2.40. The fourth-order valence-corrected chi connectivity index (χ4v) is 2.33. The van der Waals surface area contributed by atoms with Crippen LogP contribution in [-0.2, 0) is 11.0 Å². The average Bonchev–Trinajstić information content (AvgIpc) is 2.70. The molecular formula is C12H13F3N2O2. The molecule has 104 valence electrons. The first kappa shape index (κ1) is 13.6. The smallest absolute Gasteiger partial charge is 0.433 e. The maximum absolute atomic E-state index is 12.6. The van der Waals surface area contributed by atoms with Gasteiger partial charge in [0.1, 0.15) is 11.5 Å². The fraction of sp³-hybridized carbons (Fsp3) is 0.500. The second-order valence-electron chi connectivity index (χ2n) is 4.55. The van der Waals surface area contributed by atoms with Crippen molar-refractivity contribution >= 4 is 11.8 Å². The monoisotopic (exact) mass is 274 g/mol. The van der Waals surface area contributed by atoms with Gasteiger partial charge in [-0.25, -0.2) is 4.98 Å². The molecule has 4 nitrogen and oxygen atoms in total. The molecule has 0 aromatic carbocycles. The van der Waals surface area contributed by atoms with E-state index in [0.717, 1.165) is 6.07 Å². The van der Waals surface area contributed by atoms with E-state index in [1.165, 1.54) is 12.1 Å². The Morgan fingerprint density at radius 3 is 2.68 bits per heavy atom. The normalized spacial score (nSPS) is 23.7. The van der Waals surface area contributed by atoms with Crippen LogP contribution in [0.2, 0.25) is 0 Å². The van der Waals surface area contributed by atoms with Crippen molar-refractivity contribution in [2.45, 2.75) is 25.6 Å². The number of pyridine rings is 1. The lowest BCUT2D eigenvalue weighted by atomic mass is 10.0. The minimum absolute atomic E-state index is 0.172. The average molecular weight is 274 g/mol. The van der Waals surface area contributed by atoms with Crippen LogP contribution in [0.4, 0.5) is 19.0 Å². The van der Waals surface area contributed by atoms with E-state index in [4.69, 9.17) is 5.11 Å². The van der Waals surface area contributed by atoms with Crippen LogP contribution in [0, 0.1) is 5.92 Å². The molecule has 2 atom stereocenters. The Kier molecular flexibility index (Phi) is 3.38. The van der Waals surface area contributed by atoms with Crippen molar-refractivity contribution in [2.24, 2.45) is 5.92 Å². The number of hydrogen-bond acceptors (Lipinski definition) is 3. The largest absolute Gasteiger partial charge is 0.481 e. The summed E-state index contributed by atoms with van der Waals surface area (Å²) in [7, 11) is 0. The summed E-state index contributed by atoms with van der Waals surface area (Å²) in [6.45, 7) is 2.08. The molecule has 0 saturated carbocycles. The maximum atomic E-state index is 12.6. The minimum Gasteiger partial charge on any atom is -0.481 e. The van der Waals surface area contributed by atoms with Crippen LogP contribution in [-0.4, -0.2) is 28.6 Å². The first-order valence-electron chi connectivity index (χ1n) is 5.84. The van der Waals surface area contributed by atoms with Crippen molar-refractivity contribution < 1.29 is 23.1 Å². The van der Waals surface area contributed by atoms with Gasteiger partial charge in [-0.2, -0.15) is 13.2 Å². The zero-order valence-electron chi connectivity index (χ0n) is 10.2. The van der Waals surface area contributed by atoms with E-state index in [0.29, 0.717) is 13.0 Å². The Morgan fingerprint density at radius 1 is 1.47 bits per heavy atom. The molecular weight excluding hydrogens is 261 g/mol. The number of carboxylic acid groups (broad SMARTS) is 1. The van der Waals surface area contributed by atoms with E-state index in [1.807, 2.05) is 0 Å². The standard InChI is InChI=1S/C12H13F3N2O2/c1-7-8(11(18)19)5-6-17(7)10-4-2-3-9(16-10)12(13,14)15/h2-4,7-8H,5-6H2,1H3,(H,18,19). The van der Waals surface area contributed by atoms with Gasteiger partial charge < -0.3 is 10.0 Å². The first-order valence-corrected chi connectivity index (χ1v) is 5.84. The quantitative estimate of drug-likeness (QED) is 0.899. The molecule has 0 bridgehead atoms. The Bertz CT molecular complexity index is 490. The van der Waals surface area contributed by atoms with E-state index < -0.39 is 23.8 Å². The van der Waals surface area contributed by atoms with E-state index in [2.05, 4.69) is 4.98 Å². The molecule has 2 unspecified atom stereocenters. The van der Waals surface area contributed by atoms with Crippen molar-refractivity contribution in [1.29, 1.82) is 0 Å². The number of halogens is 3. The van der Waals surface area contributed by atoms with Crippen molar-refractivity contribution in [1.82, 2.24) is 4.98 Å². The fourth-order valence-electron chi connectivity index (χ4n) is 2.33. The third kappa shape index (κ3) is 2.64. The lowest BCUT2D eigenvalue weighted by Crippen LogP contribution is -2.33. The Morgan fingerprint density at radius 2 is 2.16 bits per heavy atom. The molecule has 0 spiro atoms. The second-order valence-corrected chi connectivity index (χ2v) is 4.55. The SMILES string of the molecule is CC1C(C(=O)O)CCN1c1cccc(C(F)(F)F)n1. The van der Waals surface area contributed by atoms with E-state index in [-0.39, 0.29) is 11.9 Å². The van der Waals surface area contributed by atoms with Crippen LogP contribution in [0.15, 0.2) is 18.2 Å². The van der Waals surface area contributed by atoms with Crippen LogP contribution in [0.25, 0.3) is 0 Å². The number of aliphatic carboxylic acids is 1. The molecule has 1 aromatic rings. The van der Waals surface area contributed by atoms with Crippen LogP contribution < -0.4 is 4.90 Å². The molecule has 1 aromatic heterocycles. The van der Waals surface area contributed by atoms with Gasteiger partial charge in [-0.05, 0) is 25.5 Å². The molecule has 0 aliphatic carbocycles. The Balaban J connectivity index is 2.26. The molecule has 2 rings (SSSR count). The number of carboxylic acids is 1. The zero-order valence-corrected chi connectivity index (χ0v) is 10.2. The Hall–Kier alpha value is -1.79. The van der Waals surface area contributed by atoms with Gasteiger partial charge in [0.15, 0.2) is 0 Å². The van der Waals surface area contributed by atoms with Crippen LogP contribution in [0.3, 0.4) is 0 Å². The topological polar surface area (TPSA) is 53.4 Å². The molecule has 1 aliphatic heterocycles. The highest BCUT2D eigenvalue weighted by molar-refractivity contribution is 5.72. The highest BCUT2D eigenvalue weighted by atomic mass is 19.4. The van der Waals surface area contributed by atoms with Gasteiger partial charge in [-0.15, -0.1) is 0 Å². The van der Waals surface area contributed by atoms with Crippen molar-refractivity contribution in [2.75, 3.05) is 11.4 Å². The molecule has 1 N–H and O–H groups in total. The molecule has 19 heavy (non-hydrogen) atoms. The van der Waals surface area contributed by atoms with Crippen LogP contribution >= 0.6 is 0 Å². The summed E-state index contributed by atoms with van der Waals surface area (Å²) in [5.41, 5.74) is -0.962.